The van der Waals surface area contributed by atoms with Gasteiger partial charge in [-0.2, -0.15) is 0 Å². The summed E-state index contributed by atoms with van der Waals surface area (Å²) in [4.78, 5) is 4.34. The van der Waals surface area contributed by atoms with Gasteiger partial charge in [0.15, 0.2) is 5.96 Å². The van der Waals surface area contributed by atoms with Gasteiger partial charge in [0.1, 0.15) is 5.75 Å². The molecule has 0 saturated carbocycles. The minimum atomic E-state index is 0. The molecule has 0 fully saturated rings. The summed E-state index contributed by atoms with van der Waals surface area (Å²) >= 11 is 5.96. The molecule has 0 saturated heterocycles. The monoisotopic (exact) mass is 459 g/mol. The average molecular weight is 460 g/mol. The van der Waals surface area contributed by atoms with Gasteiger partial charge in [-0.25, -0.2) is 0 Å². The van der Waals surface area contributed by atoms with Crippen LogP contribution in [0.1, 0.15) is 11.1 Å². The van der Waals surface area contributed by atoms with E-state index in [0.717, 1.165) is 30.2 Å². The Morgan fingerprint density at radius 2 is 1.88 bits per heavy atom. The summed E-state index contributed by atoms with van der Waals surface area (Å²) in [6.07, 6.45) is 1.70. The van der Waals surface area contributed by atoms with E-state index in [1.165, 1.54) is 11.1 Å². The zero-order valence-electron chi connectivity index (χ0n) is 13.7. The first kappa shape index (κ1) is 20.6. The number of aliphatic imine (C=N–C) groups is 1. The third-order valence-corrected chi connectivity index (χ3v) is 3.69. The number of halogens is 2. The number of hydrogen-bond donors (Lipinski definition) is 2. The Kier molecular flexibility index (Phi) is 9.56. The molecule has 0 aliphatic heterocycles. The Morgan fingerprint density at radius 1 is 1.12 bits per heavy atom. The van der Waals surface area contributed by atoms with Crippen molar-refractivity contribution in [2.75, 3.05) is 20.2 Å². The van der Waals surface area contributed by atoms with Crippen molar-refractivity contribution in [2.45, 2.75) is 12.8 Å². The van der Waals surface area contributed by atoms with Gasteiger partial charge in [-0.3, -0.25) is 4.99 Å². The molecule has 2 rings (SSSR count). The van der Waals surface area contributed by atoms with Gasteiger partial charge in [0.2, 0.25) is 0 Å². The molecule has 6 heteroatoms. The van der Waals surface area contributed by atoms with Crippen molar-refractivity contribution in [2.24, 2.45) is 10.7 Å². The van der Waals surface area contributed by atoms with Crippen LogP contribution in [-0.2, 0) is 12.8 Å². The third kappa shape index (κ3) is 7.40. The molecule has 3 N–H and O–H groups in total. The molecule has 2 aromatic rings. The number of rotatable bonds is 7. The van der Waals surface area contributed by atoms with Gasteiger partial charge in [-0.05, 0) is 48.2 Å². The molecule has 2 aromatic carbocycles. The molecule has 0 aliphatic rings. The predicted molar refractivity (Wildman–Crippen MR) is 112 cm³/mol. The molecule has 0 bridgehead atoms. The van der Waals surface area contributed by atoms with Crippen LogP contribution >= 0.6 is 35.6 Å². The maximum atomic E-state index is 5.96. The van der Waals surface area contributed by atoms with E-state index in [0.29, 0.717) is 12.5 Å². The van der Waals surface area contributed by atoms with Crippen LogP contribution in [-0.4, -0.2) is 26.2 Å². The van der Waals surface area contributed by atoms with Crippen molar-refractivity contribution in [3.05, 3.63) is 64.7 Å². The minimum Gasteiger partial charge on any atom is -0.497 e. The van der Waals surface area contributed by atoms with Crippen molar-refractivity contribution < 1.29 is 4.74 Å². The number of guanidine groups is 1. The second kappa shape index (κ2) is 11.1. The molecule has 0 aromatic heterocycles. The van der Waals surface area contributed by atoms with Crippen LogP contribution in [0.4, 0.5) is 0 Å². The maximum absolute atomic E-state index is 5.96. The van der Waals surface area contributed by atoms with Gasteiger partial charge in [-0.1, -0.05) is 35.9 Å². The van der Waals surface area contributed by atoms with Crippen LogP contribution in [0.2, 0.25) is 5.02 Å². The highest BCUT2D eigenvalue weighted by molar-refractivity contribution is 14.0. The van der Waals surface area contributed by atoms with Crippen molar-refractivity contribution >= 4 is 41.5 Å². The molecule has 0 heterocycles. The second-order valence-electron chi connectivity index (χ2n) is 5.17. The summed E-state index contributed by atoms with van der Waals surface area (Å²) in [5.74, 6) is 1.33. The first-order valence-electron chi connectivity index (χ1n) is 7.58. The van der Waals surface area contributed by atoms with E-state index in [9.17, 15) is 0 Å². The Morgan fingerprint density at radius 3 is 2.54 bits per heavy atom. The topological polar surface area (TPSA) is 59.6 Å². The van der Waals surface area contributed by atoms with Crippen molar-refractivity contribution in [1.82, 2.24) is 5.32 Å². The molecule has 130 valence electrons. The summed E-state index contributed by atoms with van der Waals surface area (Å²) in [6.45, 7) is 1.39. The lowest BCUT2D eigenvalue weighted by molar-refractivity contribution is 0.414. The van der Waals surface area contributed by atoms with Gasteiger partial charge >= 0.3 is 0 Å². The summed E-state index contributed by atoms with van der Waals surface area (Å²) in [5.41, 5.74) is 8.26. The van der Waals surface area contributed by atoms with Gasteiger partial charge in [0.25, 0.3) is 0 Å². The summed E-state index contributed by atoms with van der Waals surface area (Å²) in [7, 11) is 1.66. The van der Waals surface area contributed by atoms with Crippen LogP contribution in [0.25, 0.3) is 0 Å². The Labute approximate surface area is 165 Å². The van der Waals surface area contributed by atoms with Crippen molar-refractivity contribution in [3.63, 3.8) is 0 Å². The average Bonchev–Trinajstić information content (AvgIpc) is 2.55. The lowest BCUT2D eigenvalue weighted by Crippen LogP contribution is -2.33. The zero-order chi connectivity index (χ0) is 16.5. The fraction of sp³-hybridized carbons (Fsp3) is 0.278. The first-order chi connectivity index (χ1) is 11.2. The summed E-state index contributed by atoms with van der Waals surface area (Å²) in [5, 5.41) is 3.87. The van der Waals surface area contributed by atoms with E-state index < -0.39 is 0 Å². The van der Waals surface area contributed by atoms with Gasteiger partial charge in [-0.15, -0.1) is 24.0 Å². The molecule has 0 unspecified atom stereocenters. The third-order valence-electron chi connectivity index (χ3n) is 3.45. The van der Waals surface area contributed by atoms with E-state index >= 15 is 0 Å². The number of benzene rings is 2. The van der Waals surface area contributed by atoms with Crippen LogP contribution in [0.5, 0.6) is 5.75 Å². The van der Waals surface area contributed by atoms with Crippen molar-refractivity contribution in [3.8, 4) is 5.75 Å². The van der Waals surface area contributed by atoms with E-state index in [2.05, 4.69) is 10.3 Å². The number of nitrogens with zero attached hydrogens (tertiary/aromatic N) is 1. The SMILES string of the molecule is COc1ccc(CCN=C(N)NCCc2cccc(Cl)c2)cc1.I. The molecule has 0 spiro atoms. The molecular weight excluding hydrogens is 437 g/mol. The summed E-state index contributed by atoms with van der Waals surface area (Å²) in [6, 6.07) is 15.8. The quantitative estimate of drug-likeness (QED) is 0.377. The number of nitrogens with one attached hydrogen (secondary N) is 1. The number of ether oxygens (including phenoxy) is 1. The second-order valence-corrected chi connectivity index (χ2v) is 5.61. The highest BCUT2D eigenvalue weighted by Crippen LogP contribution is 2.12. The van der Waals surface area contributed by atoms with Crippen LogP contribution < -0.4 is 15.8 Å². The molecule has 24 heavy (non-hydrogen) atoms. The highest BCUT2D eigenvalue weighted by atomic mass is 127. The number of methoxy groups -OCH3 is 1. The number of nitrogens with two attached hydrogens (primary N) is 1. The van der Waals surface area contributed by atoms with Gasteiger partial charge in [0.05, 0.1) is 7.11 Å². The summed E-state index contributed by atoms with van der Waals surface area (Å²) < 4.78 is 5.13. The molecule has 0 aliphatic carbocycles. The predicted octanol–water partition coefficient (Wildman–Crippen LogP) is 3.66. The zero-order valence-corrected chi connectivity index (χ0v) is 16.8. The molecular formula is C18H23ClIN3O. The van der Waals surface area contributed by atoms with E-state index in [-0.39, 0.29) is 24.0 Å². The molecule has 0 radical (unpaired) electrons. The fourth-order valence-corrected chi connectivity index (χ4v) is 2.39. The normalized spacial score (nSPS) is 10.8. The largest absolute Gasteiger partial charge is 0.497 e. The molecule has 0 atom stereocenters. The first-order valence-corrected chi connectivity index (χ1v) is 7.96. The molecule has 0 amide bonds. The lowest BCUT2D eigenvalue weighted by Gasteiger charge is -2.06. The highest BCUT2D eigenvalue weighted by Gasteiger charge is 1.97. The van der Waals surface area contributed by atoms with E-state index in [1.807, 2.05) is 48.5 Å². The smallest absolute Gasteiger partial charge is 0.188 e. The van der Waals surface area contributed by atoms with Gasteiger partial charge < -0.3 is 15.8 Å². The standard InChI is InChI=1S/C18H22ClN3O.HI/c1-23-17-7-5-14(6-8-17)9-11-21-18(20)22-12-10-15-3-2-4-16(19)13-15;/h2-8,13H,9-12H2,1H3,(H3,20,21,22);1H. The van der Waals surface area contributed by atoms with Crippen molar-refractivity contribution in [1.29, 1.82) is 0 Å². The number of hydrogen-bond acceptors (Lipinski definition) is 2. The maximum Gasteiger partial charge on any atom is 0.188 e. The molecule has 4 nitrogen and oxygen atoms in total. The Bertz CT molecular complexity index is 647. The van der Waals surface area contributed by atoms with Crippen LogP contribution in [0.3, 0.4) is 0 Å². The van der Waals surface area contributed by atoms with E-state index in [1.54, 1.807) is 7.11 Å². The lowest BCUT2D eigenvalue weighted by atomic mass is 10.1. The minimum absolute atomic E-state index is 0. The van der Waals surface area contributed by atoms with Crippen LogP contribution in [0, 0.1) is 0 Å². The van der Waals surface area contributed by atoms with Crippen LogP contribution in [0.15, 0.2) is 53.5 Å². The fourth-order valence-electron chi connectivity index (χ4n) is 2.18. The van der Waals surface area contributed by atoms with Gasteiger partial charge in [0, 0.05) is 18.1 Å². The Hall–Kier alpha value is -1.47. The Balaban J connectivity index is 0.00000288. The van der Waals surface area contributed by atoms with E-state index in [4.69, 9.17) is 22.1 Å².